The minimum Gasteiger partial charge on any atom is -0.256 e. The fourth-order valence-electron chi connectivity index (χ4n) is 5.06. The lowest BCUT2D eigenvalue weighted by Gasteiger charge is -2.27. The molecular weight excluding hydrogens is 330 g/mol. The summed E-state index contributed by atoms with van der Waals surface area (Å²) in [6, 6.07) is 11.5. The molecule has 0 aliphatic heterocycles. The van der Waals surface area contributed by atoms with E-state index in [-0.39, 0.29) is 0 Å². The van der Waals surface area contributed by atoms with E-state index in [0.29, 0.717) is 5.92 Å². The number of hydrogen-bond donors (Lipinski definition) is 0. The Morgan fingerprint density at radius 3 is 2.27 bits per heavy atom. The molecule has 1 unspecified atom stereocenters. The highest BCUT2D eigenvalue weighted by molar-refractivity contribution is 6.89. The summed E-state index contributed by atoms with van der Waals surface area (Å²) in [5.41, 5.74) is 5.41. The zero-order chi connectivity index (χ0) is 18.5. The van der Waals surface area contributed by atoms with Crippen LogP contribution < -0.4 is 5.19 Å². The molecule has 3 aliphatic rings. The van der Waals surface area contributed by atoms with Crippen LogP contribution in [-0.4, -0.2) is 13.1 Å². The Bertz CT molecular complexity index is 779. The monoisotopic (exact) mass is 363 g/mol. The third kappa shape index (κ3) is 3.41. The molecule has 138 valence electrons. The van der Waals surface area contributed by atoms with Crippen molar-refractivity contribution in [3.63, 3.8) is 0 Å². The van der Waals surface area contributed by atoms with Crippen LogP contribution >= 0.6 is 0 Å². The molecule has 2 aromatic rings. The van der Waals surface area contributed by atoms with E-state index in [9.17, 15) is 0 Å². The number of fused-ring (bicyclic) bond motifs is 1. The highest BCUT2D eigenvalue weighted by Gasteiger charge is 2.44. The Morgan fingerprint density at radius 1 is 1.04 bits per heavy atom. The van der Waals surface area contributed by atoms with Crippen LogP contribution in [0.25, 0.3) is 11.3 Å². The first kappa shape index (κ1) is 18.0. The summed E-state index contributed by atoms with van der Waals surface area (Å²) in [5.74, 6) is 3.56. The first-order valence-electron chi connectivity index (χ1n) is 10.4. The van der Waals surface area contributed by atoms with Crippen LogP contribution in [0.4, 0.5) is 0 Å². The summed E-state index contributed by atoms with van der Waals surface area (Å²) < 4.78 is 0. The van der Waals surface area contributed by atoms with Crippen molar-refractivity contribution in [3.8, 4) is 11.3 Å². The highest BCUT2D eigenvalue weighted by Crippen LogP contribution is 2.53. The van der Waals surface area contributed by atoms with Gasteiger partial charge < -0.3 is 0 Å². The summed E-state index contributed by atoms with van der Waals surface area (Å²) in [6.07, 6.45) is 7.96. The van der Waals surface area contributed by atoms with Crippen molar-refractivity contribution in [2.45, 2.75) is 65.1 Å². The van der Waals surface area contributed by atoms with Crippen molar-refractivity contribution in [1.82, 2.24) is 4.98 Å². The van der Waals surface area contributed by atoms with Gasteiger partial charge >= 0.3 is 0 Å². The molecule has 26 heavy (non-hydrogen) atoms. The van der Waals surface area contributed by atoms with Gasteiger partial charge in [0.15, 0.2) is 0 Å². The van der Waals surface area contributed by atoms with Crippen LogP contribution in [0, 0.1) is 17.8 Å². The molecule has 2 heteroatoms. The maximum atomic E-state index is 4.89. The average Bonchev–Trinajstić information content (AvgIpc) is 3.13. The molecule has 1 heterocycles. The molecule has 3 saturated carbocycles. The molecule has 2 bridgehead atoms. The maximum Gasteiger partial charge on any atom is 0.0799 e. The fourth-order valence-corrected chi connectivity index (χ4v) is 6.65. The van der Waals surface area contributed by atoms with Crippen molar-refractivity contribution in [3.05, 3.63) is 47.7 Å². The van der Waals surface area contributed by atoms with Gasteiger partial charge in [0.25, 0.3) is 0 Å². The van der Waals surface area contributed by atoms with Gasteiger partial charge in [-0.25, -0.2) is 0 Å². The number of hydrogen-bond acceptors (Lipinski definition) is 1. The van der Waals surface area contributed by atoms with Crippen LogP contribution in [0.15, 0.2) is 36.5 Å². The van der Waals surface area contributed by atoms with Crippen LogP contribution in [0.1, 0.15) is 50.2 Å². The average molecular weight is 364 g/mol. The molecule has 3 fully saturated rings. The maximum absolute atomic E-state index is 4.89. The minimum atomic E-state index is -1.37. The molecule has 1 nitrogen and oxygen atoms in total. The number of nitrogens with zero attached hydrogens (tertiary/aromatic N) is 1. The van der Waals surface area contributed by atoms with Crippen LogP contribution in [-0.2, 0) is 6.42 Å². The predicted molar refractivity (Wildman–Crippen MR) is 115 cm³/mol. The molecule has 0 radical (unpaired) electrons. The van der Waals surface area contributed by atoms with Gasteiger partial charge in [-0.05, 0) is 71.7 Å². The zero-order valence-electron chi connectivity index (χ0n) is 17.0. The molecule has 3 aliphatic carbocycles. The van der Waals surface area contributed by atoms with Crippen LogP contribution in [0.5, 0.6) is 0 Å². The first-order chi connectivity index (χ1) is 12.3. The molecule has 5 rings (SSSR count). The molecular formula is C24H33NSi. The van der Waals surface area contributed by atoms with E-state index in [4.69, 9.17) is 4.98 Å². The highest BCUT2D eigenvalue weighted by atomic mass is 28.3. The third-order valence-electron chi connectivity index (χ3n) is 6.73. The number of aromatic nitrogens is 1. The molecule has 0 spiro atoms. The summed E-state index contributed by atoms with van der Waals surface area (Å²) in [4.78, 5) is 4.89. The Hall–Kier alpha value is -1.41. The molecule has 0 N–H and O–H groups in total. The number of pyridine rings is 1. The largest absolute Gasteiger partial charge is 0.256 e. The Kier molecular flexibility index (Phi) is 4.59. The van der Waals surface area contributed by atoms with E-state index >= 15 is 0 Å². The van der Waals surface area contributed by atoms with Gasteiger partial charge in [0.2, 0.25) is 0 Å². The third-order valence-corrected chi connectivity index (χ3v) is 8.79. The number of benzene rings is 1. The second-order valence-corrected chi connectivity index (χ2v) is 15.1. The summed E-state index contributed by atoms with van der Waals surface area (Å²) in [6.45, 7) is 11.9. The summed E-state index contributed by atoms with van der Waals surface area (Å²) >= 11 is 0. The van der Waals surface area contributed by atoms with Crippen LogP contribution in [0.3, 0.4) is 0 Å². The van der Waals surface area contributed by atoms with Gasteiger partial charge in [0.05, 0.1) is 13.8 Å². The molecule has 1 aromatic carbocycles. The lowest BCUT2D eigenvalue weighted by Crippen LogP contribution is -2.41. The van der Waals surface area contributed by atoms with Gasteiger partial charge in [0.1, 0.15) is 0 Å². The van der Waals surface area contributed by atoms with E-state index < -0.39 is 8.07 Å². The predicted octanol–water partition coefficient (Wildman–Crippen LogP) is 6.01. The molecule has 0 amide bonds. The topological polar surface area (TPSA) is 12.9 Å². The molecule has 1 aromatic heterocycles. The summed E-state index contributed by atoms with van der Waals surface area (Å²) in [5, 5.41) is 1.57. The standard InChI is InChI=1S/C24H33NSi/c1-16(2)18-6-8-19(9-7-18)23-14-22(24(15-25-23)26(3,4)5)13-21-12-17-10-20(21)11-17/h6-9,14-17,20-21H,10-13H2,1-5H3. The lowest BCUT2D eigenvalue weighted by molar-refractivity contribution is 0.274. The van der Waals surface area contributed by atoms with E-state index in [2.05, 4.69) is 70.0 Å². The van der Waals surface area contributed by atoms with Crippen molar-refractivity contribution in [2.75, 3.05) is 0 Å². The van der Waals surface area contributed by atoms with Crippen molar-refractivity contribution < 1.29 is 0 Å². The SMILES string of the molecule is CC(C)c1ccc(-c2cc(CC3CC4CC3C4)c([Si](C)(C)C)cn2)cc1. The second-order valence-electron chi connectivity index (χ2n) is 10.1. The van der Waals surface area contributed by atoms with Crippen molar-refractivity contribution in [1.29, 1.82) is 0 Å². The zero-order valence-corrected chi connectivity index (χ0v) is 18.0. The fraction of sp³-hybridized carbons (Fsp3) is 0.542. The van der Waals surface area contributed by atoms with Crippen LogP contribution in [0.2, 0.25) is 19.6 Å². The second kappa shape index (κ2) is 6.63. The van der Waals surface area contributed by atoms with Gasteiger partial charge in [-0.2, -0.15) is 0 Å². The van der Waals surface area contributed by atoms with Gasteiger partial charge in [-0.15, -0.1) is 0 Å². The van der Waals surface area contributed by atoms with Crippen molar-refractivity contribution >= 4 is 13.3 Å². The first-order valence-corrected chi connectivity index (χ1v) is 13.9. The Balaban J connectivity index is 1.66. The minimum absolute atomic E-state index is 0.579. The molecule has 0 saturated heterocycles. The van der Waals surface area contributed by atoms with Gasteiger partial charge in [-0.1, -0.05) is 57.8 Å². The lowest BCUT2D eigenvalue weighted by atomic mass is 9.81. The molecule has 1 atom stereocenters. The quantitative estimate of drug-likeness (QED) is 0.593. The van der Waals surface area contributed by atoms with Gasteiger partial charge in [0, 0.05) is 11.8 Å². The smallest absolute Gasteiger partial charge is 0.0799 e. The van der Waals surface area contributed by atoms with Gasteiger partial charge in [-0.3, -0.25) is 4.98 Å². The Labute approximate surface area is 160 Å². The van der Waals surface area contributed by atoms with Crippen molar-refractivity contribution in [2.24, 2.45) is 17.8 Å². The van der Waals surface area contributed by atoms with E-state index in [1.807, 2.05) is 0 Å². The summed E-state index contributed by atoms with van der Waals surface area (Å²) in [7, 11) is -1.37. The van der Waals surface area contributed by atoms with E-state index in [0.717, 1.165) is 23.4 Å². The van der Waals surface area contributed by atoms with E-state index in [1.54, 1.807) is 10.8 Å². The van der Waals surface area contributed by atoms with E-state index in [1.165, 1.54) is 36.8 Å². The normalized spacial score (nSPS) is 24.8. The Morgan fingerprint density at radius 2 is 1.73 bits per heavy atom. The number of rotatable bonds is 5.